The van der Waals surface area contributed by atoms with E-state index in [0.717, 1.165) is 56.0 Å². The highest BCUT2D eigenvalue weighted by Crippen LogP contribution is 2.29. The Hall–Kier alpha value is -2.08. The Balaban J connectivity index is 1.63. The normalized spacial score (nSPS) is 20.2. The predicted molar refractivity (Wildman–Crippen MR) is 100 cm³/mol. The van der Waals surface area contributed by atoms with E-state index in [-0.39, 0.29) is 11.9 Å². The van der Waals surface area contributed by atoms with Gasteiger partial charge in [-0.3, -0.25) is 9.69 Å². The van der Waals surface area contributed by atoms with Crippen molar-refractivity contribution in [2.75, 3.05) is 43.4 Å². The van der Waals surface area contributed by atoms with E-state index in [2.05, 4.69) is 24.1 Å². The predicted octanol–water partition coefficient (Wildman–Crippen LogP) is 2.54. The number of aryl methyl sites for hydroxylation is 1. The van der Waals surface area contributed by atoms with Crippen molar-refractivity contribution in [2.45, 2.75) is 39.2 Å². The molecule has 0 aliphatic carbocycles. The summed E-state index contributed by atoms with van der Waals surface area (Å²) in [7, 11) is 1.80. The summed E-state index contributed by atoms with van der Waals surface area (Å²) in [6, 6.07) is 6.22. The summed E-state index contributed by atoms with van der Waals surface area (Å²) in [5, 5.41) is 3.02. The molecular formula is C19H28N4O2. The van der Waals surface area contributed by atoms with Gasteiger partial charge in [0, 0.05) is 44.0 Å². The molecule has 6 heteroatoms. The zero-order chi connectivity index (χ0) is 18.0. The van der Waals surface area contributed by atoms with Gasteiger partial charge in [-0.2, -0.15) is 0 Å². The average Bonchev–Trinajstić information content (AvgIpc) is 3.09. The Morgan fingerprint density at radius 3 is 2.76 bits per heavy atom. The number of hydrogen-bond acceptors (Lipinski definition) is 3. The van der Waals surface area contributed by atoms with Gasteiger partial charge in [0.1, 0.15) is 0 Å². The largest absolute Gasteiger partial charge is 0.323 e. The van der Waals surface area contributed by atoms with Gasteiger partial charge in [0.25, 0.3) is 0 Å². The number of carbonyl (C=O) groups excluding carboxylic acids is 2. The molecule has 1 fully saturated rings. The molecule has 0 spiro atoms. The fraction of sp³-hybridized carbons (Fsp3) is 0.579. The highest BCUT2D eigenvalue weighted by molar-refractivity contribution is 5.97. The van der Waals surface area contributed by atoms with Crippen molar-refractivity contribution in [1.82, 2.24) is 9.80 Å². The zero-order valence-corrected chi connectivity index (χ0v) is 15.4. The van der Waals surface area contributed by atoms with Crippen LogP contribution in [0.4, 0.5) is 16.2 Å². The maximum atomic E-state index is 12.6. The molecule has 25 heavy (non-hydrogen) atoms. The number of fused-ring (bicyclic) bond motifs is 1. The third-order valence-electron chi connectivity index (χ3n) is 5.45. The van der Waals surface area contributed by atoms with Gasteiger partial charge in [-0.25, -0.2) is 4.79 Å². The molecule has 3 rings (SSSR count). The van der Waals surface area contributed by atoms with Crippen LogP contribution in [0.5, 0.6) is 0 Å². The second-order valence-corrected chi connectivity index (χ2v) is 6.84. The Bertz CT molecular complexity index is 657. The van der Waals surface area contributed by atoms with Crippen LogP contribution in [0, 0.1) is 0 Å². The molecule has 0 radical (unpaired) electrons. The summed E-state index contributed by atoms with van der Waals surface area (Å²) in [6.45, 7) is 7.97. The summed E-state index contributed by atoms with van der Waals surface area (Å²) in [6.07, 6.45) is 2.29. The summed E-state index contributed by atoms with van der Waals surface area (Å²) in [5.41, 5.74) is 2.86. The van der Waals surface area contributed by atoms with E-state index in [4.69, 9.17) is 0 Å². The molecule has 1 atom stereocenters. The van der Waals surface area contributed by atoms with Gasteiger partial charge in [-0.15, -0.1) is 0 Å². The standard InChI is InChI=1S/C19H28N4O2/c1-4-22(5-2)16-10-11-23(13-16)19(25)20-15-7-8-17-14(12-15)6-9-18(24)21(17)3/h7-8,12,16H,4-6,9-11,13H2,1-3H3,(H,20,25)/t16-/m0/s1. The monoisotopic (exact) mass is 344 g/mol. The number of urea groups is 1. The minimum absolute atomic E-state index is 0.0325. The van der Waals surface area contributed by atoms with Crippen LogP contribution in [-0.2, 0) is 11.2 Å². The third kappa shape index (κ3) is 3.63. The number of nitrogens with zero attached hydrogens (tertiary/aromatic N) is 3. The first-order chi connectivity index (χ1) is 12.0. The van der Waals surface area contributed by atoms with E-state index in [9.17, 15) is 9.59 Å². The van der Waals surface area contributed by atoms with Gasteiger partial charge >= 0.3 is 6.03 Å². The van der Waals surface area contributed by atoms with Crippen molar-refractivity contribution in [3.63, 3.8) is 0 Å². The van der Waals surface area contributed by atoms with E-state index in [1.54, 1.807) is 11.9 Å². The summed E-state index contributed by atoms with van der Waals surface area (Å²) in [4.78, 5) is 30.4. The lowest BCUT2D eigenvalue weighted by atomic mass is 10.0. The molecule has 1 saturated heterocycles. The number of rotatable bonds is 4. The maximum absolute atomic E-state index is 12.6. The number of carbonyl (C=O) groups is 2. The van der Waals surface area contributed by atoms with Crippen LogP contribution in [0.3, 0.4) is 0 Å². The molecule has 1 aromatic carbocycles. The van der Waals surface area contributed by atoms with E-state index < -0.39 is 0 Å². The van der Waals surface area contributed by atoms with Crippen LogP contribution in [0.25, 0.3) is 0 Å². The van der Waals surface area contributed by atoms with E-state index in [1.165, 1.54) is 0 Å². The number of likely N-dealkylation sites (N-methyl/N-ethyl adjacent to an activating group) is 1. The lowest BCUT2D eigenvalue weighted by Gasteiger charge is -2.27. The van der Waals surface area contributed by atoms with Gasteiger partial charge in [0.15, 0.2) is 0 Å². The molecule has 1 N–H and O–H groups in total. The number of likely N-dealkylation sites (tertiary alicyclic amines) is 1. The summed E-state index contributed by atoms with van der Waals surface area (Å²) < 4.78 is 0. The molecule has 0 unspecified atom stereocenters. The summed E-state index contributed by atoms with van der Waals surface area (Å²) >= 11 is 0. The molecule has 2 aliphatic heterocycles. The van der Waals surface area contributed by atoms with Crippen LogP contribution in [-0.4, -0.2) is 61.0 Å². The highest BCUT2D eigenvalue weighted by Gasteiger charge is 2.29. The Morgan fingerprint density at radius 2 is 2.04 bits per heavy atom. The van der Waals surface area contributed by atoms with Crippen molar-refractivity contribution in [3.05, 3.63) is 23.8 Å². The fourth-order valence-corrected chi connectivity index (χ4v) is 3.90. The second kappa shape index (κ2) is 7.44. The first-order valence-corrected chi connectivity index (χ1v) is 9.23. The molecular weight excluding hydrogens is 316 g/mol. The summed E-state index contributed by atoms with van der Waals surface area (Å²) in [5.74, 6) is 0.142. The maximum Gasteiger partial charge on any atom is 0.321 e. The van der Waals surface area contributed by atoms with Gasteiger partial charge in [-0.05, 0) is 49.7 Å². The Morgan fingerprint density at radius 1 is 1.28 bits per heavy atom. The van der Waals surface area contributed by atoms with E-state index >= 15 is 0 Å². The molecule has 136 valence electrons. The van der Waals surface area contributed by atoms with Gasteiger partial charge in [0.2, 0.25) is 5.91 Å². The lowest BCUT2D eigenvalue weighted by Crippen LogP contribution is -2.39. The molecule has 2 heterocycles. The van der Waals surface area contributed by atoms with Crippen molar-refractivity contribution < 1.29 is 9.59 Å². The first kappa shape index (κ1) is 17.7. The number of hydrogen-bond donors (Lipinski definition) is 1. The number of nitrogens with one attached hydrogen (secondary N) is 1. The number of amides is 3. The van der Waals surface area contributed by atoms with Crippen LogP contribution >= 0.6 is 0 Å². The van der Waals surface area contributed by atoms with Crippen molar-refractivity contribution in [2.24, 2.45) is 0 Å². The van der Waals surface area contributed by atoms with E-state index in [0.29, 0.717) is 12.5 Å². The molecule has 0 saturated carbocycles. The van der Waals surface area contributed by atoms with E-state index in [1.807, 2.05) is 23.1 Å². The van der Waals surface area contributed by atoms with Crippen molar-refractivity contribution in [1.29, 1.82) is 0 Å². The quantitative estimate of drug-likeness (QED) is 0.913. The fourth-order valence-electron chi connectivity index (χ4n) is 3.90. The Labute approximate surface area is 149 Å². The van der Waals surface area contributed by atoms with Crippen molar-refractivity contribution in [3.8, 4) is 0 Å². The van der Waals surface area contributed by atoms with Gasteiger partial charge in [-0.1, -0.05) is 13.8 Å². The molecule has 2 aliphatic rings. The van der Waals surface area contributed by atoms with Crippen molar-refractivity contribution >= 4 is 23.3 Å². The van der Waals surface area contributed by atoms with Crippen LogP contribution < -0.4 is 10.2 Å². The van der Waals surface area contributed by atoms with Gasteiger partial charge in [0.05, 0.1) is 0 Å². The smallest absolute Gasteiger partial charge is 0.321 e. The topological polar surface area (TPSA) is 55.9 Å². The van der Waals surface area contributed by atoms with Crippen LogP contribution in [0.1, 0.15) is 32.3 Å². The molecule has 0 aromatic heterocycles. The number of benzene rings is 1. The minimum Gasteiger partial charge on any atom is -0.323 e. The highest BCUT2D eigenvalue weighted by atomic mass is 16.2. The Kier molecular flexibility index (Phi) is 5.27. The zero-order valence-electron chi connectivity index (χ0n) is 15.4. The minimum atomic E-state index is -0.0325. The molecule has 3 amide bonds. The second-order valence-electron chi connectivity index (χ2n) is 6.84. The van der Waals surface area contributed by atoms with Gasteiger partial charge < -0.3 is 15.1 Å². The third-order valence-corrected chi connectivity index (χ3v) is 5.45. The first-order valence-electron chi connectivity index (χ1n) is 9.23. The average molecular weight is 344 g/mol. The van der Waals surface area contributed by atoms with Crippen LogP contribution in [0.2, 0.25) is 0 Å². The number of anilines is 2. The molecule has 1 aromatic rings. The SMILES string of the molecule is CCN(CC)[C@H]1CCN(C(=O)Nc2ccc3c(c2)CCC(=O)N3C)C1. The molecule has 0 bridgehead atoms. The van der Waals surface area contributed by atoms with Crippen LogP contribution in [0.15, 0.2) is 18.2 Å². The lowest BCUT2D eigenvalue weighted by molar-refractivity contribution is -0.118. The molecule has 6 nitrogen and oxygen atoms in total.